The standard InChI is InChI=1S/C19H25N3O/c1-2-5-16-13-19-17(12-15(16)4-1)18(6-3-11-23-19)21-8-10-22-9-7-20-14-22/h7,9,12-14,18,21H,1-6,8,10-11H2. The summed E-state index contributed by atoms with van der Waals surface area (Å²) in [5, 5.41) is 3.73. The quantitative estimate of drug-likeness (QED) is 0.942. The molecule has 4 rings (SSSR count). The Labute approximate surface area is 137 Å². The zero-order chi connectivity index (χ0) is 15.5. The average molecular weight is 311 g/mol. The molecule has 1 N–H and O–H groups in total. The molecular formula is C19H25N3O. The van der Waals surface area contributed by atoms with Crippen LogP contribution in [0.4, 0.5) is 0 Å². The summed E-state index contributed by atoms with van der Waals surface area (Å²) in [5.41, 5.74) is 4.42. The van der Waals surface area contributed by atoms with Crippen LogP contribution in [0.5, 0.6) is 5.75 Å². The first-order valence-corrected chi connectivity index (χ1v) is 8.88. The van der Waals surface area contributed by atoms with Crippen molar-refractivity contribution in [3.8, 4) is 5.75 Å². The topological polar surface area (TPSA) is 39.1 Å². The molecule has 2 heterocycles. The molecule has 0 saturated heterocycles. The number of aromatic nitrogens is 2. The van der Waals surface area contributed by atoms with Gasteiger partial charge >= 0.3 is 0 Å². The highest BCUT2D eigenvalue weighted by atomic mass is 16.5. The fourth-order valence-electron chi connectivity index (χ4n) is 3.80. The van der Waals surface area contributed by atoms with Crippen LogP contribution < -0.4 is 10.1 Å². The van der Waals surface area contributed by atoms with E-state index in [1.165, 1.54) is 36.8 Å². The Balaban J connectivity index is 1.51. The smallest absolute Gasteiger partial charge is 0.124 e. The highest BCUT2D eigenvalue weighted by Gasteiger charge is 2.22. The maximum Gasteiger partial charge on any atom is 0.124 e. The molecule has 1 aromatic carbocycles. The maximum absolute atomic E-state index is 6.04. The summed E-state index contributed by atoms with van der Waals surface area (Å²) < 4.78 is 8.16. The Bertz CT molecular complexity index is 651. The molecule has 1 aliphatic heterocycles. The third-order valence-electron chi connectivity index (χ3n) is 5.06. The molecule has 0 fully saturated rings. The van der Waals surface area contributed by atoms with Crippen molar-refractivity contribution in [2.75, 3.05) is 13.2 Å². The van der Waals surface area contributed by atoms with Crippen molar-refractivity contribution in [1.82, 2.24) is 14.9 Å². The summed E-state index contributed by atoms with van der Waals surface area (Å²) in [6.07, 6.45) is 13.1. The van der Waals surface area contributed by atoms with E-state index in [0.29, 0.717) is 6.04 Å². The Kier molecular flexibility index (Phi) is 4.33. The van der Waals surface area contributed by atoms with Gasteiger partial charge in [-0.05, 0) is 55.7 Å². The normalized spacial score (nSPS) is 20.3. The first kappa shape index (κ1) is 14.8. The van der Waals surface area contributed by atoms with Crippen LogP contribution in [0.15, 0.2) is 30.9 Å². The second-order valence-corrected chi connectivity index (χ2v) is 6.66. The SMILES string of the molecule is c1cn(CCNC2CCCOc3cc4c(cc32)CCCC4)cn1. The van der Waals surface area contributed by atoms with Crippen LogP contribution in [0.2, 0.25) is 0 Å². The van der Waals surface area contributed by atoms with Gasteiger partial charge in [-0.2, -0.15) is 0 Å². The van der Waals surface area contributed by atoms with Gasteiger partial charge in [0.1, 0.15) is 5.75 Å². The van der Waals surface area contributed by atoms with Crippen molar-refractivity contribution in [2.24, 2.45) is 0 Å². The summed E-state index contributed by atoms with van der Waals surface area (Å²) in [6, 6.07) is 5.15. The van der Waals surface area contributed by atoms with Gasteiger partial charge in [-0.3, -0.25) is 0 Å². The molecule has 0 radical (unpaired) electrons. The van der Waals surface area contributed by atoms with Crippen molar-refractivity contribution < 1.29 is 4.74 Å². The second kappa shape index (κ2) is 6.75. The van der Waals surface area contributed by atoms with Crippen molar-refractivity contribution in [1.29, 1.82) is 0 Å². The average Bonchev–Trinajstić information content (AvgIpc) is 3.02. The number of fused-ring (bicyclic) bond motifs is 2. The maximum atomic E-state index is 6.04. The van der Waals surface area contributed by atoms with Crippen molar-refractivity contribution >= 4 is 0 Å². The molecule has 0 bridgehead atoms. The molecule has 23 heavy (non-hydrogen) atoms. The number of nitrogens with zero attached hydrogens (tertiary/aromatic N) is 2. The van der Waals surface area contributed by atoms with E-state index < -0.39 is 0 Å². The molecule has 1 unspecified atom stereocenters. The van der Waals surface area contributed by atoms with Crippen LogP contribution in [0.3, 0.4) is 0 Å². The van der Waals surface area contributed by atoms with Crippen LogP contribution >= 0.6 is 0 Å². The number of hydrogen-bond acceptors (Lipinski definition) is 3. The van der Waals surface area contributed by atoms with Gasteiger partial charge in [0.15, 0.2) is 0 Å². The number of benzene rings is 1. The van der Waals surface area contributed by atoms with E-state index in [1.54, 1.807) is 5.56 Å². The summed E-state index contributed by atoms with van der Waals surface area (Å²) in [4.78, 5) is 4.10. The van der Waals surface area contributed by atoms with E-state index in [9.17, 15) is 0 Å². The van der Waals surface area contributed by atoms with E-state index >= 15 is 0 Å². The number of rotatable bonds is 4. The summed E-state index contributed by atoms with van der Waals surface area (Å²) in [7, 11) is 0. The summed E-state index contributed by atoms with van der Waals surface area (Å²) >= 11 is 0. The molecule has 0 amide bonds. The Morgan fingerprint density at radius 1 is 1.17 bits per heavy atom. The van der Waals surface area contributed by atoms with E-state index in [1.807, 2.05) is 18.7 Å². The van der Waals surface area contributed by atoms with Crippen LogP contribution in [0.1, 0.15) is 48.4 Å². The Hall–Kier alpha value is -1.81. The van der Waals surface area contributed by atoms with Gasteiger partial charge in [-0.25, -0.2) is 4.98 Å². The molecule has 2 aromatic rings. The third kappa shape index (κ3) is 3.27. The lowest BCUT2D eigenvalue weighted by atomic mass is 9.88. The van der Waals surface area contributed by atoms with Crippen LogP contribution in [-0.4, -0.2) is 22.7 Å². The lowest BCUT2D eigenvalue weighted by molar-refractivity contribution is 0.314. The van der Waals surface area contributed by atoms with Gasteiger partial charge in [0, 0.05) is 37.1 Å². The minimum Gasteiger partial charge on any atom is -0.493 e. The van der Waals surface area contributed by atoms with Crippen molar-refractivity contribution in [2.45, 2.75) is 51.1 Å². The molecular weight excluding hydrogens is 286 g/mol. The minimum atomic E-state index is 0.406. The minimum absolute atomic E-state index is 0.406. The van der Waals surface area contributed by atoms with E-state index in [0.717, 1.165) is 38.3 Å². The third-order valence-corrected chi connectivity index (χ3v) is 5.06. The van der Waals surface area contributed by atoms with Gasteiger partial charge in [0.25, 0.3) is 0 Å². The highest BCUT2D eigenvalue weighted by molar-refractivity contribution is 5.46. The first-order valence-electron chi connectivity index (χ1n) is 8.88. The molecule has 1 aromatic heterocycles. The number of imidazole rings is 1. The van der Waals surface area contributed by atoms with E-state index in [2.05, 4.69) is 27.0 Å². The second-order valence-electron chi connectivity index (χ2n) is 6.66. The number of ether oxygens (including phenoxy) is 1. The summed E-state index contributed by atoms with van der Waals surface area (Å²) in [5.74, 6) is 1.11. The zero-order valence-corrected chi connectivity index (χ0v) is 13.6. The molecule has 2 aliphatic rings. The lowest BCUT2D eigenvalue weighted by Gasteiger charge is -2.23. The van der Waals surface area contributed by atoms with Gasteiger partial charge in [0.05, 0.1) is 12.9 Å². The predicted octanol–water partition coefficient (Wildman–Crippen LogP) is 3.27. The van der Waals surface area contributed by atoms with E-state index in [4.69, 9.17) is 4.74 Å². The molecule has 0 saturated carbocycles. The molecule has 0 spiro atoms. The van der Waals surface area contributed by atoms with E-state index in [-0.39, 0.29) is 0 Å². The Morgan fingerprint density at radius 2 is 2.04 bits per heavy atom. The largest absolute Gasteiger partial charge is 0.493 e. The zero-order valence-electron chi connectivity index (χ0n) is 13.6. The number of hydrogen-bond donors (Lipinski definition) is 1. The molecule has 122 valence electrons. The number of nitrogens with one attached hydrogen (secondary N) is 1. The van der Waals surface area contributed by atoms with Crippen LogP contribution in [-0.2, 0) is 19.4 Å². The van der Waals surface area contributed by atoms with Gasteiger partial charge < -0.3 is 14.6 Å². The Morgan fingerprint density at radius 3 is 2.87 bits per heavy atom. The fourth-order valence-corrected chi connectivity index (χ4v) is 3.80. The molecule has 4 nitrogen and oxygen atoms in total. The lowest BCUT2D eigenvalue weighted by Crippen LogP contribution is -2.25. The van der Waals surface area contributed by atoms with Crippen molar-refractivity contribution in [3.63, 3.8) is 0 Å². The fraction of sp³-hybridized carbons (Fsp3) is 0.526. The number of aryl methyl sites for hydroxylation is 2. The monoisotopic (exact) mass is 311 g/mol. The van der Waals surface area contributed by atoms with Crippen LogP contribution in [0.25, 0.3) is 0 Å². The van der Waals surface area contributed by atoms with Gasteiger partial charge in [-0.15, -0.1) is 0 Å². The van der Waals surface area contributed by atoms with Gasteiger partial charge in [0.2, 0.25) is 0 Å². The highest BCUT2D eigenvalue weighted by Crippen LogP contribution is 2.36. The van der Waals surface area contributed by atoms with Crippen molar-refractivity contribution in [3.05, 3.63) is 47.5 Å². The first-order chi connectivity index (χ1) is 11.4. The summed E-state index contributed by atoms with van der Waals surface area (Å²) in [6.45, 7) is 2.75. The van der Waals surface area contributed by atoms with Gasteiger partial charge in [-0.1, -0.05) is 6.07 Å². The van der Waals surface area contributed by atoms with Crippen LogP contribution in [0, 0.1) is 0 Å². The molecule has 4 heteroatoms. The molecule has 1 aliphatic carbocycles. The molecule has 1 atom stereocenters. The predicted molar refractivity (Wildman–Crippen MR) is 90.8 cm³/mol.